The molecule has 10 nitrogen and oxygen atoms in total. The van der Waals surface area contributed by atoms with Gasteiger partial charge >= 0.3 is 18.0 Å². The Morgan fingerprint density at radius 3 is 2.21 bits per heavy atom. The van der Waals surface area contributed by atoms with Crippen LogP contribution in [-0.4, -0.2) is 77.4 Å². The molecule has 2 heterocycles. The van der Waals surface area contributed by atoms with Crippen LogP contribution in [-0.2, 0) is 46.4 Å². The monoisotopic (exact) mass is 592 g/mol. The summed E-state index contributed by atoms with van der Waals surface area (Å²) in [7, 11) is 1.22. The van der Waals surface area contributed by atoms with Crippen LogP contribution < -0.4 is 0 Å². The SMILES string of the molecule is COC(=O)[C@@H](CC(=O)C1(Cc2ccccc2)CCCN1C(=O)[C@@H]1CCCN1C(=O)OCc1ccccc1)C(C)OC(C)=O. The molecule has 230 valence electrons. The molecule has 2 fully saturated rings. The Balaban J connectivity index is 1.60. The molecule has 2 aliphatic heterocycles. The van der Waals surface area contributed by atoms with E-state index in [0.717, 1.165) is 11.1 Å². The average molecular weight is 593 g/mol. The van der Waals surface area contributed by atoms with E-state index in [2.05, 4.69) is 0 Å². The number of ketones is 1. The molecule has 2 aromatic rings. The number of nitrogens with zero attached hydrogens (tertiary/aromatic N) is 2. The first-order valence-corrected chi connectivity index (χ1v) is 14.8. The number of benzene rings is 2. The zero-order valence-electron chi connectivity index (χ0n) is 25.0. The van der Waals surface area contributed by atoms with Crippen LogP contribution >= 0.6 is 0 Å². The van der Waals surface area contributed by atoms with Gasteiger partial charge in [0.25, 0.3) is 0 Å². The number of carbonyl (C=O) groups excluding carboxylic acids is 5. The molecule has 0 bridgehead atoms. The maximum Gasteiger partial charge on any atom is 0.410 e. The van der Waals surface area contributed by atoms with Gasteiger partial charge in [-0.15, -0.1) is 0 Å². The fraction of sp³-hybridized carbons (Fsp3) is 0.485. The largest absolute Gasteiger partial charge is 0.469 e. The molecule has 2 unspecified atom stereocenters. The van der Waals surface area contributed by atoms with Crippen LogP contribution in [0, 0.1) is 5.92 Å². The Morgan fingerprint density at radius 2 is 1.58 bits per heavy atom. The highest BCUT2D eigenvalue weighted by Gasteiger charge is 2.53. The molecule has 0 aromatic heterocycles. The van der Waals surface area contributed by atoms with E-state index >= 15 is 0 Å². The van der Waals surface area contributed by atoms with Crippen LogP contribution in [0.25, 0.3) is 0 Å². The van der Waals surface area contributed by atoms with Crippen LogP contribution in [0.5, 0.6) is 0 Å². The second-order valence-electron chi connectivity index (χ2n) is 11.3. The molecule has 2 aromatic carbocycles. The van der Waals surface area contributed by atoms with Gasteiger partial charge in [-0.1, -0.05) is 60.7 Å². The van der Waals surface area contributed by atoms with Gasteiger partial charge in [-0.2, -0.15) is 0 Å². The van der Waals surface area contributed by atoms with Crippen LogP contribution in [0.3, 0.4) is 0 Å². The lowest BCUT2D eigenvalue weighted by Gasteiger charge is -2.40. The maximum absolute atomic E-state index is 14.3. The van der Waals surface area contributed by atoms with Crippen molar-refractivity contribution >= 4 is 29.7 Å². The number of amides is 2. The summed E-state index contributed by atoms with van der Waals surface area (Å²) in [6.07, 6.45) is 0.572. The maximum atomic E-state index is 14.3. The smallest absolute Gasteiger partial charge is 0.410 e. The Bertz CT molecular complexity index is 1300. The Morgan fingerprint density at radius 1 is 0.930 bits per heavy atom. The van der Waals surface area contributed by atoms with Crippen molar-refractivity contribution < 1.29 is 38.2 Å². The summed E-state index contributed by atoms with van der Waals surface area (Å²) in [5, 5.41) is 0. The van der Waals surface area contributed by atoms with Gasteiger partial charge in [-0.05, 0) is 43.7 Å². The average Bonchev–Trinajstić information content (AvgIpc) is 3.67. The van der Waals surface area contributed by atoms with Crippen molar-refractivity contribution in [2.24, 2.45) is 5.92 Å². The molecule has 0 saturated carbocycles. The lowest BCUT2D eigenvalue weighted by Crippen LogP contribution is -2.59. The second kappa shape index (κ2) is 14.3. The van der Waals surface area contributed by atoms with Crippen LogP contribution in [0.15, 0.2) is 60.7 Å². The van der Waals surface area contributed by atoms with E-state index in [-0.39, 0.29) is 31.1 Å². The van der Waals surface area contributed by atoms with Gasteiger partial charge in [0, 0.05) is 32.9 Å². The van der Waals surface area contributed by atoms with Crippen LogP contribution in [0.4, 0.5) is 4.79 Å². The Kier molecular flexibility index (Phi) is 10.6. The highest BCUT2D eigenvalue weighted by atomic mass is 16.6. The standard InChI is InChI=1S/C33H40N2O8/c1-23(43-24(2)36)27(31(39)41-3)20-29(37)33(21-25-12-6-4-7-13-25)17-11-19-35(33)30(38)28-16-10-18-34(28)32(40)42-22-26-14-8-5-9-15-26/h4-9,12-15,23,27-28H,10-11,16-22H2,1-3H3/t23?,27-,28-,33?/m0/s1. The van der Waals surface area contributed by atoms with Gasteiger partial charge in [0.1, 0.15) is 30.2 Å². The fourth-order valence-electron chi connectivity index (χ4n) is 6.26. The summed E-state index contributed by atoms with van der Waals surface area (Å²) in [6.45, 7) is 3.59. The van der Waals surface area contributed by atoms with Crippen molar-refractivity contribution in [3.05, 3.63) is 71.8 Å². The van der Waals surface area contributed by atoms with Crippen molar-refractivity contribution in [3.8, 4) is 0 Å². The molecule has 2 saturated heterocycles. The number of esters is 2. The third kappa shape index (κ3) is 7.42. The van der Waals surface area contributed by atoms with Gasteiger partial charge in [0.2, 0.25) is 5.91 Å². The van der Waals surface area contributed by atoms with E-state index in [1.807, 2.05) is 60.7 Å². The first-order chi connectivity index (χ1) is 20.7. The number of Topliss-reactive ketones (excluding diaryl/α,β-unsaturated/α-hetero) is 1. The fourth-order valence-corrected chi connectivity index (χ4v) is 6.26. The number of rotatable bonds is 11. The first-order valence-electron chi connectivity index (χ1n) is 14.8. The first kappa shape index (κ1) is 31.7. The van der Waals surface area contributed by atoms with E-state index < -0.39 is 41.6 Å². The lowest BCUT2D eigenvalue weighted by molar-refractivity contribution is -0.161. The minimum Gasteiger partial charge on any atom is -0.469 e. The third-order valence-electron chi connectivity index (χ3n) is 8.42. The highest BCUT2D eigenvalue weighted by Crippen LogP contribution is 2.38. The molecular formula is C33H40N2O8. The van der Waals surface area contributed by atoms with Crippen LogP contribution in [0.1, 0.15) is 57.1 Å². The van der Waals surface area contributed by atoms with Crippen molar-refractivity contribution in [2.75, 3.05) is 20.2 Å². The summed E-state index contributed by atoms with van der Waals surface area (Å²) < 4.78 is 15.8. The van der Waals surface area contributed by atoms with E-state index in [1.165, 1.54) is 18.9 Å². The lowest BCUT2D eigenvalue weighted by atomic mass is 9.79. The second-order valence-corrected chi connectivity index (χ2v) is 11.3. The Labute approximate surface area is 252 Å². The van der Waals surface area contributed by atoms with Crippen molar-refractivity contribution in [3.63, 3.8) is 0 Å². The number of carbonyl (C=O) groups is 5. The summed E-state index contributed by atoms with van der Waals surface area (Å²) in [5.74, 6) is -2.91. The molecule has 2 amide bonds. The van der Waals surface area contributed by atoms with Gasteiger partial charge in [-0.3, -0.25) is 24.1 Å². The van der Waals surface area contributed by atoms with E-state index in [4.69, 9.17) is 14.2 Å². The summed E-state index contributed by atoms with van der Waals surface area (Å²) >= 11 is 0. The molecule has 4 rings (SSSR count). The van der Waals surface area contributed by atoms with Crippen molar-refractivity contribution in [2.45, 2.75) is 76.7 Å². The zero-order valence-corrected chi connectivity index (χ0v) is 25.0. The van der Waals surface area contributed by atoms with Gasteiger partial charge < -0.3 is 19.1 Å². The molecule has 0 N–H and O–H groups in total. The zero-order chi connectivity index (χ0) is 31.0. The normalized spacial score (nSPS) is 21.1. The highest BCUT2D eigenvalue weighted by molar-refractivity contribution is 5.97. The van der Waals surface area contributed by atoms with E-state index in [9.17, 15) is 24.0 Å². The molecule has 0 radical (unpaired) electrons. The van der Waals surface area contributed by atoms with Gasteiger partial charge in [0.05, 0.1) is 7.11 Å². The molecule has 0 aliphatic carbocycles. The summed E-state index contributed by atoms with van der Waals surface area (Å²) in [4.78, 5) is 69.2. The number of likely N-dealkylation sites (tertiary alicyclic amines) is 2. The Hall–Kier alpha value is -4.21. The molecule has 0 spiro atoms. The summed E-state index contributed by atoms with van der Waals surface area (Å²) in [6, 6.07) is 18.0. The quantitative estimate of drug-likeness (QED) is 0.283. The summed E-state index contributed by atoms with van der Waals surface area (Å²) in [5.41, 5.74) is 0.458. The number of hydrogen-bond acceptors (Lipinski definition) is 8. The molecule has 4 atom stereocenters. The molecule has 2 aliphatic rings. The molecule has 43 heavy (non-hydrogen) atoms. The number of hydrogen-bond donors (Lipinski definition) is 0. The molecule has 10 heteroatoms. The minimum absolute atomic E-state index is 0.0899. The third-order valence-corrected chi connectivity index (χ3v) is 8.42. The number of methoxy groups -OCH3 is 1. The van der Waals surface area contributed by atoms with Crippen molar-refractivity contribution in [1.29, 1.82) is 0 Å². The van der Waals surface area contributed by atoms with Crippen LogP contribution in [0.2, 0.25) is 0 Å². The van der Waals surface area contributed by atoms with E-state index in [0.29, 0.717) is 38.8 Å². The predicted molar refractivity (Wildman–Crippen MR) is 157 cm³/mol. The predicted octanol–water partition coefficient (Wildman–Crippen LogP) is 4.09. The van der Waals surface area contributed by atoms with E-state index in [1.54, 1.807) is 11.8 Å². The molecular weight excluding hydrogens is 552 g/mol. The van der Waals surface area contributed by atoms with Gasteiger partial charge in [-0.25, -0.2) is 4.79 Å². The minimum atomic E-state index is -1.25. The number of ether oxygens (including phenoxy) is 3. The van der Waals surface area contributed by atoms with Gasteiger partial charge in [0.15, 0.2) is 5.78 Å². The topological polar surface area (TPSA) is 120 Å². The van der Waals surface area contributed by atoms with Crippen molar-refractivity contribution in [1.82, 2.24) is 9.80 Å².